The lowest BCUT2D eigenvalue weighted by Gasteiger charge is -2.14. The van der Waals surface area contributed by atoms with Gasteiger partial charge < -0.3 is 10.1 Å². The van der Waals surface area contributed by atoms with Crippen LogP contribution in [0.2, 0.25) is 0 Å². The number of amides is 1. The first-order valence-corrected chi connectivity index (χ1v) is 12.8. The first kappa shape index (κ1) is 24.2. The molecule has 4 aromatic rings. The fourth-order valence-electron chi connectivity index (χ4n) is 3.96. The Morgan fingerprint density at radius 1 is 1.12 bits per heavy atom. The number of benzene rings is 1. The van der Waals surface area contributed by atoms with Crippen molar-refractivity contribution in [1.29, 1.82) is 0 Å². The number of pyridine rings is 1. The molecule has 0 spiro atoms. The molecule has 0 aliphatic heterocycles. The second kappa shape index (κ2) is 9.71. The van der Waals surface area contributed by atoms with Crippen LogP contribution in [0, 0.1) is 27.7 Å². The van der Waals surface area contributed by atoms with E-state index >= 15 is 0 Å². The number of thioether (sulfide) groups is 1. The molecule has 0 bridgehead atoms. The van der Waals surface area contributed by atoms with Crippen LogP contribution in [0.4, 0.5) is 5.13 Å². The standard InChI is InChI=1S/C24H27N5O3S2/c1-7-17(21(30)26-23-25-15(6)20(34-23)22(31)32-8-2)33-24-28-27-18-11-13(4)16-10-12(3)9-14(5)19(16)29(18)24/h9-11,17H,7-8H2,1-6H3,(H,25,26,30). The number of thiazole rings is 1. The third-order valence-electron chi connectivity index (χ3n) is 5.50. The van der Waals surface area contributed by atoms with Crippen LogP contribution in [0.25, 0.3) is 16.6 Å². The van der Waals surface area contributed by atoms with Gasteiger partial charge in [0.05, 0.1) is 23.1 Å². The van der Waals surface area contributed by atoms with Gasteiger partial charge in [0, 0.05) is 5.39 Å². The Labute approximate surface area is 206 Å². The van der Waals surface area contributed by atoms with E-state index in [2.05, 4.69) is 53.4 Å². The largest absolute Gasteiger partial charge is 0.462 e. The van der Waals surface area contributed by atoms with Gasteiger partial charge in [0.15, 0.2) is 15.9 Å². The number of hydrogen-bond acceptors (Lipinski definition) is 8. The van der Waals surface area contributed by atoms with Crippen LogP contribution >= 0.6 is 23.1 Å². The average molecular weight is 498 g/mol. The predicted octanol–water partition coefficient (Wildman–Crippen LogP) is 5.26. The van der Waals surface area contributed by atoms with E-state index in [0.29, 0.717) is 27.3 Å². The number of esters is 1. The van der Waals surface area contributed by atoms with E-state index < -0.39 is 11.2 Å². The molecule has 8 nitrogen and oxygen atoms in total. The fourth-order valence-corrected chi connectivity index (χ4v) is 5.79. The number of carbonyl (C=O) groups is 2. The Kier molecular flexibility index (Phi) is 6.90. The molecule has 1 unspecified atom stereocenters. The molecule has 0 saturated carbocycles. The maximum absolute atomic E-state index is 13.1. The van der Waals surface area contributed by atoms with Gasteiger partial charge >= 0.3 is 5.97 Å². The maximum Gasteiger partial charge on any atom is 0.350 e. The summed E-state index contributed by atoms with van der Waals surface area (Å²) in [6.45, 7) is 12.0. The van der Waals surface area contributed by atoms with Crippen LogP contribution in [0.1, 0.15) is 52.3 Å². The molecular weight excluding hydrogens is 470 g/mol. The molecule has 4 rings (SSSR count). The van der Waals surface area contributed by atoms with Gasteiger partial charge in [0.2, 0.25) is 5.91 Å². The van der Waals surface area contributed by atoms with Crippen LogP contribution in [0.5, 0.6) is 0 Å². The molecular formula is C24H27N5O3S2. The number of fused-ring (bicyclic) bond motifs is 3. The zero-order valence-electron chi connectivity index (χ0n) is 20.1. The quantitative estimate of drug-likeness (QED) is 0.275. The second-order valence-electron chi connectivity index (χ2n) is 8.14. The molecule has 3 aromatic heterocycles. The summed E-state index contributed by atoms with van der Waals surface area (Å²) in [7, 11) is 0. The van der Waals surface area contributed by atoms with Crippen molar-refractivity contribution in [1.82, 2.24) is 19.6 Å². The van der Waals surface area contributed by atoms with Crippen LogP contribution < -0.4 is 5.32 Å². The lowest BCUT2D eigenvalue weighted by Crippen LogP contribution is -2.24. The van der Waals surface area contributed by atoms with Crippen molar-refractivity contribution < 1.29 is 14.3 Å². The van der Waals surface area contributed by atoms with Gasteiger partial charge in [0.1, 0.15) is 4.88 Å². The molecule has 1 N–H and O–H groups in total. The number of hydrogen-bond donors (Lipinski definition) is 1. The summed E-state index contributed by atoms with van der Waals surface area (Å²) < 4.78 is 7.10. The zero-order valence-corrected chi connectivity index (χ0v) is 21.7. The van der Waals surface area contributed by atoms with E-state index in [-0.39, 0.29) is 12.5 Å². The molecule has 10 heteroatoms. The number of anilines is 1. The zero-order chi connectivity index (χ0) is 24.6. The van der Waals surface area contributed by atoms with Gasteiger partial charge in [-0.2, -0.15) is 0 Å². The summed E-state index contributed by atoms with van der Waals surface area (Å²) in [5, 5.41) is 13.4. The third-order valence-corrected chi connectivity index (χ3v) is 7.86. The van der Waals surface area contributed by atoms with Crippen molar-refractivity contribution in [3.8, 4) is 0 Å². The van der Waals surface area contributed by atoms with E-state index in [0.717, 1.165) is 39.0 Å². The number of nitrogens with zero attached hydrogens (tertiary/aromatic N) is 4. The van der Waals surface area contributed by atoms with Crippen molar-refractivity contribution in [2.24, 2.45) is 0 Å². The second-order valence-corrected chi connectivity index (χ2v) is 10.3. The molecule has 1 atom stereocenters. The van der Waals surface area contributed by atoms with Crippen molar-refractivity contribution >= 4 is 56.7 Å². The minimum absolute atomic E-state index is 0.197. The normalized spacial score (nSPS) is 12.3. The lowest BCUT2D eigenvalue weighted by molar-refractivity contribution is -0.115. The molecule has 1 aromatic carbocycles. The Balaban J connectivity index is 1.63. The summed E-state index contributed by atoms with van der Waals surface area (Å²) in [5.74, 6) is -0.625. The summed E-state index contributed by atoms with van der Waals surface area (Å²) in [6, 6.07) is 6.33. The first-order valence-electron chi connectivity index (χ1n) is 11.1. The number of nitrogens with one attached hydrogen (secondary N) is 1. The molecule has 0 saturated heterocycles. The highest BCUT2D eigenvalue weighted by Gasteiger charge is 2.25. The van der Waals surface area contributed by atoms with Crippen LogP contribution in [0.3, 0.4) is 0 Å². The molecule has 3 heterocycles. The Bertz CT molecular complexity index is 1410. The average Bonchev–Trinajstić information content (AvgIpc) is 3.34. The third kappa shape index (κ3) is 4.52. The Hall–Kier alpha value is -2.98. The Morgan fingerprint density at radius 2 is 1.88 bits per heavy atom. The number of aromatic nitrogens is 4. The molecule has 0 aliphatic carbocycles. The van der Waals surface area contributed by atoms with Crippen molar-refractivity contribution in [3.05, 3.63) is 45.5 Å². The van der Waals surface area contributed by atoms with Crippen molar-refractivity contribution in [2.75, 3.05) is 11.9 Å². The molecule has 1 amide bonds. The number of ether oxygens (including phenoxy) is 1. The molecule has 0 radical (unpaired) electrons. The van der Waals surface area contributed by atoms with Gasteiger partial charge in [-0.3, -0.25) is 9.20 Å². The monoisotopic (exact) mass is 497 g/mol. The fraction of sp³-hybridized carbons (Fsp3) is 0.375. The first-order chi connectivity index (χ1) is 16.2. The van der Waals surface area contributed by atoms with Crippen molar-refractivity contribution in [3.63, 3.8) is 0 Å². The highest BCUT2D eigenvalue weighted by atomic mass is 32.2. The molecule has 0 aliphatic rings. The van der Waals surface area contributed by atoms with Gasteiger partial charge in [-0.1, -0.05) is 41.7 Å². The highest BCUT2D eigenvalue weighted by molar-refractivity contribution is 8.00. The van der Waals surface area contributed by atoms with E-state index in [1.165, 1.54) is 17.3 Å². The minimum atomic E-state index is -0.429. The van der Waals surface area contributed by atoms with Gasteiger partial charge in [0.25, 0.3) is 0 Å². The number of rotatable bonds is 7. The van der Waals surface area contributed by atoms with E-state index in [1.54, 1.807) is 13.8 Å². The van der Waals surface area contributed by atoms with Crippen LogP contribution in [0.15, 0.2) is 23.4 Å². The SMILES string of the molecule is CCOC(=O)c1sc(NC(=O)C(CC)Sc2nnc3cc(C)c4cc(C)cc(C)c4n23)nc1C. The molecule has 0 fully saturated rings. The minimum Gasteiger partial charge on any atom is -0.462 e. The van der Waals surface area contributed by atoms with Crippen LogP contribution in [-0.4, -0.2) is 43.3 Å². The van der Waals surface area contributed by atoms with Gasteiger partial charge in [-0.15, -0.1) is 10.2 Å². The summed E-state index contributed by atoms with van der Waals surface area (Å²) in [4.78, 5) is 29.9. The highest BCUT2D eigenvalue weighted by Crippen LogP contribution is 2.32. The van der Waals surface area contributed by atoms with Crippen molar-refractivity contribution in [2.45, 2.75) is 58.4 Å². The molecule has 178 valence electrons. The lowest BCUT2D eigenvalue weighted by atomic mass is 10.0. The summed E-state index contributed by atoms with van der Waals surface area (Å²) >= 11 is 2.49. The van der Waals surface area contributed by atoms with E-state index in [1.807, 2.05) is 17.4 Å². The van der Waals surface area contributed by atoms with Gasteiger partial charge in [-0.05, 0) is 64.3 Å². The Morgan fingerprint density at radius 3 is 2.59 bits per heavy atom. The molecule has 34 heavy (non-hydrogen) atoms. The number of carbonyl (C=O) groups excluding carboxylic acids is 2. The van der Waals surface area contributed by atoms with E-state index in [9.17, 15) is 9.59 Å². The van der Waals surface area contributed by atoms with Gasteiger partial charge in [-0.25, -0.2) is 9.78 Å². The topological polar surface area (TPSA) is 98.5 Å². The predicted molar refractivity (Wildman–Crippen MR) is 136 cm³/mol. The van der Waals surface area contributed by atoms with E-state index in [4.69, 9.17) is 4.74 Å². The smallest absolute Gasteiger partial charge is 0.350 e. The summed E-state index contributed by atoms with van der Waals surface area (Å²) in [5.41, 5.74) is 5.81. The van der Waals surface area contributed by atoms with Crippen LogP contribution in [-0.2, 0) is 9.53 Å². The maximum atomic E-state index is 13.1. The summed E-state index contributed by atoms with van der Waals surface area (Å²) in [6.07, 6.45) is 0.586. The number of aryl methyl sites for hydroxylation is 4.